The van der Waals surface area contributed by atoms with E-state index in [1.807, 2.05) is 24.0 Å². The molecule has 0 bridgehead atoms. The number of benzene rings is 1. The van der Waals surface area contributed by atoms with E-state index in [1.54, 1.807) is 6.07 Å². The number of hydrogen-bond donors (Lipinski definition) is 1. The molecule has 92 valence electrons. The summed E-state index contributed by atoms with van der Waals surface area (Å²) in [5, 5.41) is 0. The molecule has 1 unspecified atom stereocenters. The molecule has 1 fully saturated rings. The molecule has 1 amide bonds. The smallest absolute Gasteiger partial charge is 0.255 e. The molecule has 0 aliphatic carbocycles. The van der Waals surface area contributed by atoms with Gasteiger partial charge in [-0.15, -0.1) is 12.6 Å². The van der Waals surface area contributed by atoms with Gasteiger partial charge in [0.2, 0.25) is 0 Å². The van der Waals surface area contributed by atoms with Gasteiger partial charge in [0.1, 0.15) is 0 Å². The third-order valence-electron chi connectivity index (χ3n) is 2.81. The zero-order chi connectivity index (χ0) is 12.4. The molecule has 0 N–H and O–H groups in total. The number of carbonyl (C=O) groups excluding carboxylic acids is 1. The number of amides is 1. The van der Waals surface area contributed by atoms with Gasteiger partial charge in [0, 0.05) is 15.9 Å². The van der Waals surface area contributed by atoms with Gasteiger partial charge < -0.3 is 9.64 Å². The molecular weight excluding hydrogens is 302 g/mol. The standard InChI is InChI=1S/C12H14BrNO2S/c1-8-7-16-5-4-14(8)12(15)10-6-9(17)2-3-11(10)13/h2-3,6,8,17H,4-5,7H2,1H3. The quantitative estimate of drug-likeness (QED) is 0.807. The van der Waals surface area contributed by atoms with Crippen molar-refractivity contribution in [2.24, 2.45) is 0 Å². The first-order valence-electron chi connectivity index (χ1n) is 5.47. The summed E-state index contributed by atoms with van der Waals surface area (Å²) >= 11 is 7.67. The van der Waals surface area contributed by atoms with Gasteiger partial charge >= 0.3 is 0 Å². The Morgan fingerprint density at radius 1 is 1.59 bits per heavy atom. The van der Waals surface area contributed by atoms with E-state index in [-0.39, 0.29) is 11.9 Å². The lowest BCUT2D eigenvalue weighted by atomic mass is 10.1. The Bertz CT molecular complexity index is 439. The molecule has 1 aliphatic heterocycles. The summed E-state index contributed by atoms with van der Waals surface area (Å²) in [5.41, 5.74) is 0.659. The number of rotatable bonds is 1. The van der Waals surface area contributed by atoms with E-state index < -0.39 is 0 Å². The summed E-state index contributed by atoms with van der Waals surface area (Å²) in [6.07, 6.45) is 0. The van der Waals surface area contributed by atoms with E-state index in [2.05, 4.69) is 28.6 Å². The van der Waals surface area contributed by atoms with Crippen molar-refractivity contribution in [2.45, 2.75) is 17.9 Å². The van der Waals surface area contributed by atoms with Crippen molar-refractivity contribution in [1.29, 1.82) is 0 Å². The van der Waals surface area contributed by atoms with Crippen LogP contribution in [0.25, 0.3) is 0 Å². The normalized spacial score (nSPS) is 20.4. The van der Waals surface area contributed by atoms with Crippen LogP contribution in [0.3, 0.4) is 0 Å². The fourth-order valence-corrected chi connectivity index (χ4v) is 2.48. The molecule has 5 heteroatoms. The first-order chi connectivity index (χ1) is 8.09. The average Bonchev–Trinajstić information content (AvgIpc) is 2.32. The summed E-state index contributed by atoms with van der Waals surface area (Å²) in [6.45, 7) is 3.84. The zero-order valence-corrected chi connectivity index (χ0v) is 12.0. The lowest BCUT2D eigenvalue weighted by molar-refractivity contribution is 0.00353. The topological polar surface area (TPSA) is 29.5 Å². The van der Waals surface area contributed by atoms with Crippen molar-refractivity contribution in [3.05, 3.63) is 28.2 Å². The van der Waals surface area contributed by atoms with Crippen LogP contribution in [0.4, 0.5) is 0 Å². The van der Waals surface area contributed by atoms with Crippen LogP contribution in [0, 0.1) is 0 Å². The molecule has 0 saturated carbocycles. The molecular formula is C12H14BrNO2S. The molecule has 0 spiro atoms. The molecule has 3 nitrogen and oxygen atoms in total. The Labute approximate surface area is 115 Å². The maximum absolute atomic E-state index is 12.4. The van der Waals surface area contributed by atoms with Gasteiger partial charge in [-0.3, -0.25) is 4.79 Å². The van der Waals surface area contributed by atoms with Crippen LogP contribution in [0.1, 0.15) is 17.3 Å². The van der Waals surface area contributed by atoms with Crippen molar-refractivity contribution in [3.63, 3.8) is 0 Å². The Balaban J connectivity index is 2.26. The summed E-state index contributed by atoms with van der Waals surface area (Å²) < 4.78 is 6.14. The molecule has 1 heterocycles. The van der Waals surface area contributed by atoms with Crippen LogP contribution in [-0.2, 0) is 4.74 Å². The Kier molecular flexibility index (Phi) is 4.12. The highest BCUT2D eigenvalue weighted by Gasteiger charge is 2.25. The van der Waals surface area contributed by atoms with Crippen LogP contribution in [0.2, 0.25) is 0 Å². The monoisotopic (exact) mass is 315 g/mol. The number of carbonyl (C=O) groups is 1. The molecule has 2 rings (SSSR count). The zero-order valence-electron chi connectivity index (χ0n) is 9.52. The minimum absolute atomic E-state index is 0.0311. The number of ether oxygens (including phenoxy) is 1. The van der Waals surface area contributed by atoms with Crippen molar-refractivity contribution < 1.29 is 9.53 Å². The van der Waals surface area contributed by atoms with E-state index in [1.165, 1.54) is 0 Å². The highest BCUT2D eigenvalue weighted by molar-refractivity contribution is 9.10. The predicted octanol–water partition coefficient (Wildman–Crippen LogP) is 2.60. The summed E-state index contributed by atoms with van der Waals surface area (Å²) in [4.78, 5) is 15.0. The van der Waals surface area contributed by atoms with E-state index >= 15 is 0 Å². The van der Waals surface area contributed by atoms with Gasteiger partial charge in [-0.2, -0.15) is 0 Å². The third-order valence-corrected chi connectivity index (χ3v) is 3.78. The largest absolute Gasteiger partial charge is 0.377 e. The molecule has 0 radical (unpaired) electrons. The minimum Gasteiger partial charge on any atom is -0.377 e. The van der Waals surface area contributed by atoms with E-state index in [0.717, 1.165) is 9.37 Å². The third kappa shape index (κ3) is 2.84. The average molecular weight is 316 g/mol. The number of morpholine rings is 1. The van der Waals surface area contributed by atoms with E-state index in [4.69, 9.17) is 4.74 Å². The number of halogens is 1. The molecule has 1 aromatic rings. The van der Waals surface area contributed by atoms with Crippen molar-refractivity contribution in [2.75, 3.05) is 19.8 Å². The molecule has 1 aliphatic rings. The highest BCUT2D eigenvalue weighted by atomic mass is 79.9. The first-order valence-corrected chi connectivity index (χ1v) is 6.71. The van der Waals surface area contributed by atoms with Gasteiger partial charge in [-0.05, 0) is 41.1 Å². The fraction of sp³-hybridized carbons (Fsp3) is 0.417. The van der Waals surface area contributed by atoms with Crippen LogP contribution in [0.15, 0.2) is 27.6 Å². The Hall–Kier alpha value is -0.520. The SMILES string of the molecule is CC1COCCN1C(=O)c1cc(S)ccc1Br. The number of thiol groups is 1. The second-order valence-corrected chi connectivity index (χ2v) is 5.46. The number of hydrogen-bond acceptors (Lipinski definition) is 3. The molecule has 1 aromatic carbocycles. The van der Waals surface area contributed by atoms with Gasteiger partial charge in [-0.1, -0.05) is 0 Å². The predicted molar refractivity (Wildman–Crippen MR) is 72.7 cm³/mol. The fourth-order valence-electron chi connectivity index (χ4n) is 1.86. The summed E-state index contributed by atoms with van der Waals surface area (Å²) in [5.74, 6) is 0.0311. The maximum Gasteiger partial charge on any atom is 0.255 e. The van der Waals surface area contributed by atoms with Crippen LogP contribution in [-0.4, -0.2) is 36.6 Å². The lowest BCUT2D eigenvalue weighted by Crippen LogP contribution is -2.47. The Morgan fingerprint density at radius 2 is 2.35 bits per heavy atom. The van der Waals surface area contributed by atoms with Gasteiger partial charge in [-0.25, -0.2) is 0 Å². The van der Waals surface area contributed by atoms with E-state index in [9.17, 15) is 4.79 Å². The second-order valence-electron chi connectivity index (χ2n) is 4.09. The molecule has 1 saturated heterocycles. The van der Waals surface area contributed by atoms with Crippen molar-refractivity contribution in [3.8, 4) is 0 Å². The van der Waals surface area contributed by atoms with Gasteiger partial charge in [0.15, 0.2) is 0 Å². The van der Waals surface area contributed by atoms with Gasteiger partial charge in [0.25, 0.3) is 5.91 Å². The first kappa shape index (κ1) is 12.9. The van der Waals surface area contributed by atoms with Crippen LogP contribution >= 0.6 is 28.6 Å². The molecule has 0 aromatic heterocycles. The minimum atomic E-state index is 0.0311. The highest BCUT2D eigenvalue weighted by Crippen LogP contribution is 2.23. The summed E-state index contributed by atoms with van der Waals surface area (Å²) in [6, 6.07) is 5.61. The maximum atomic E-state index is 12.4. The van der Waals surface area contributed by atoms with E-state index in [0.29, 0.717) is 25.3 Å². The van der Waals surface area contributed by atoms with Crippen molar-refractivity contribution >= 4 is 34.5 Å². The molecule has 1 atom stereocenters. The lowest BCUT2D eigenvalue weighted by Gasteiger charge is -2.33. The van der Waals surface area contributed by atoms with Crippen LogP contribution < -0.4 is 0 Å². The molecule has 17 heavy (non-hydrogen) atoms. The summed E-state index contributed by atoms with van der Waals surface area (Å²) in [7, 11) is 0. The second kappa shape index (κ2) is 5.42. The van der Waals surface area contributed by atoms with Gasteiger partial charge in [0.05, 0.1) is 24.8 Å². The Morgan fingerprint density at radius 3 is 3.06 bits per heavy atom. The van der Waals surface area contributed by atoms with Crippen LogP contribution in [0.5, 0.6) is 0 Å². The van der Waals surface area contributed by atoms with Crippen molar-refractivity contribution in [1.82, 2.24) is 4.90 Å². The number of nitrogens with zero attached hydrogens (tertiary/aromatic N) is 1.